The van der Waals surface area contributed by atoms with Crippen molar-refractivity contribution in [2.24, 2.45) is 5.92 Å². The number of thioether (sulfide) groups is 1. The van der Waals surface area contributed by atoms with Crippen molar-refractivity contribution in [3.63, 3.8) is 0 Å². The lowest BCUT2D eigenvalue weighted by molar-refractivity contribution is 0.844. The van der Waals surface area contributed by atoms with Crippen LogP contribution in [0.3, 0.4) is 0 Å². The quantitative estimate of drug-likeness (QED) is 0.431. The van der Waals surface area contributed by atoms with Gasteiger partial charge in [0.2, 0.25) is 0 Å². The van der Waals surface area contributed by atoms with E-state index in [1.54, 1.807) is 11.8 Å². The molecule has 0 radical (unpaired) electrons. The Bertz CT molecular complexity index is 850. The van der Waals surface area contributed by atoms with Crippen LogP contribution in [0.4, 0.5) is 0 Å². The van der Waals surface area contributed by atoms with Gasteiger partial charge in [0, 0.05) is 23.8 Å². The van der Waals surface area contributed by atoms with Gasteiger partial charge in [-0.15, -0.1) is 33.4 Å². The number of benzene rings is 2. The summed E-state index contributed by atoms with van der Waals surface area (Å²) in [6, 6.07) is 20.5. The molecule has 0 amide bonds. The second-order valence-corrected chi connectivity index (χ2v) is 8.73. The van der Waals surface area contributed by atoms with Gasteiger partial charge in [-0.25, -0.2) is 0 Å². The van der Waals surface area contributed by atoms with E-state index < -0.39 is 4.33 Å². The van der Waals surface area contributed by atoms with E-state index in [2.05, 4.69) is 39.0 Å². The predicted octanol–water partition coefficient (Wildman–Crippen LogP) is 5.14. The summed E-state index contributed by atoms with van der Waals surface area (Å²) in [6.07, 6.45) is 1.58. The third-order valence-electron chi connectivity index (χ3n) is 4.29. The minimum Gasteiger partial charge on any atom is -0.274 e. The van der Waals surface area contributed by atoms with E-state index >= 15 is 0 Å². The van der Waals surface area contributed by atoms with E-state index in [0.29, 0.717) is 5.92 Å². The van der Waals surface area contributed by atoms with Crippen LogP contribution in [-0.4, -0.2) is 24.9 Å². The molecule has 1 saturated carbocycles. The zero-order valence-corrected chi connectivity index (χ0v) is 15.8. The molecule has 3 aromatic rings. The van der Waals surface area contributed by atoms with E-state index in [4.69, 9.17) is 23.2 Å². The minimum atomic E-state index is -0.558. The van der Waals surface area contributed by atoms with Gasteiger partial charge in [-0.3, -0.25) is 4.57 Å². The van der Waals surface area contributed by atoms with Crippen LogP contribution >= 0.6 is 35.0 Å². The molecule has 0 aliphatic heterocycles. The maximum absolute atomic E-state index is 6.15. The Hall–Kier alpha value is -1.49. The molecule has 1 aliphatic rings. The van der Waals surface area contributed by atoms with Gasteiger partial charge in [0.1, 0.15) is 10.2 Å². The van der Waals surface area contributed by atoms with Crippen LogP contribution in [0, 0.1) is 5.92 Å². The third-order valence-corrected chi connectivity index (χ3v) is 6.31. The van der Waals surface area contributed by atoms with Crippen LogP contribution in [-0.2, 0) is 6.42 Å². The normalized spacial score (nSPS) is 18.2. The summed E-state index contributed by atoms with van der Waals surface area (Å²) in [6.45, 7) is 0. The first-order chi connectivity index (χ1) is 12.1. The van der Waals surface area contributed by atoms with E-state index in [9.17, 15) is 0 Å². The zero-order valence-electron chi connectivity index (χ0n) is 13.5. The Labute approximate surface area is 161 Å². The van der Waals surface area contributed by atoms with Crippen molar-refractivity contribution in [3.8, 4) is 5.69 Å². The van der Waals surface area contributed by atoms with Crippen molar-refractivity contribution in [2.75, 3.05) is 5.75 Å². The summed E-state index contributed by atoms with van der Waals surface area (Å²) in [7, 11) is 0. The molecule has 128 valence electrons. The molecule has 1 atom stereocenters. The van der Waals surface area contributed by atoms with Gasteiger partial charge in [-0.2, -0.15) is 0 Å². The largest absolute Gasteiger partial charge is 0.274 e. The Kier molecular flexibility index (Phi) is 4.76. The van der Waals surface area contributed by atoms with Gasteiger partial charge in [-0.05, 0) is 24.1 Å². The van der Waals surface area contributed by atoms with Gasteiger partial charge in [0.05, 0.1) is 0 Å². The fourth-order valence-electron chi connectivity index (χ4n) is 2.75. The van der Waals surface area contributed by atoms with Crippen molar-refractivity contribution in [1.82, 2.24) is 14.8 Å². The zero-order chi connectivity index (χ0) is 17.3. The predicted molar refractivity (Wildman–Crippen MR) is 104 cm³/mol. The highest BCUT2D eigenvalue weighted by atomic mass is 35.5. The third kappa shape index (κ3) is 3.86. The molecule has 0 saturated heterocycles. The number of rotatable bonds is 6. The smallest absolute Gasteiger partial charge is 0.195 e. The van der Waals surface area contributed by atoms with E-state index in [1.807, 2.05) is 36.4 Å². The van der Waals surface area contributed by atoms with Gasteiger partial charge >= 0.3 is 0 Å². The Balaban J connectivity index is 1.62. The molecule has 0 bridgehead atoms. The molecule has 25 heavy (non-hydrogen) atoms. The lowest BCUT2D eigenvalue weighted by Gasteiger charge is -2.10. The van der Waals surface area contributed by atoms with Gasteiger partial charge in [0.15, 0.2) is 5.16 Å². The fraction of sp³-hybridized carbons (Fsp3) is 0.263. The number of alkyl halides is 2. The van der Waals surface area contributed by atoms with Crippen LogP contribution < -0.4 is 0 Å². The molecule has 1 unspecified atom stereocenters. The standard InChI is InChI=1S/C19H17Cl2N3S/c20-19(21)12-15(19)13-25-18-23-22-17(11-14-7-3-1-4-8-14)24(18)16-9-5-2-6-10-16/h1-10,15H,11-13H2. The summed E-state index contributed by atoms with van der Waals surface area (Å²) in [4.78, 5) is 0. The van der Waals surface area contributed by atoms with E-state index in [-0.39, 0.29) is 0 Å². The minimum absolute atomic E-state index is 0.319. The highest BCUT2D eigenvalue weighted by Crippen LogP contribution is 2.54. The number of aromatic nitrogens is 3. The molecule has 0 N–H and O–H groups in total. The fourth-order valence-corrected chi connectivity index (χ4v) is 4.65. The first kappa shape index (κ1) is 17.0. The van der Waals surface area contributed by atoms with Crippen LogP contribution in [0.25, 0.3) is 5.69 Å². The van der Waals surface area contributed by atoms with Gasteiger partial charge in [-0.1, -0.05) is 60.3 Å². The molecular weight excluding hydrogens is 373 g/mol. The van der Waals surface area contributed by atoms with E-state index in [1.165, 1.54) is 5.56 Å². The molecular formula is C19H17Cl2N3S. The molecule has 1 aromatic heterocycles. The van der Waals surface area contributed by atoms with Crippen LogP contribution in [0.5, 0.6) is 0 Å². The lowest BCUT2D eigenvalue weighted by atomic mass is 10.1. The summed E-state index contributed by atoms with van der Waals surface area (Å²) in [5, 5.41) is 9.76. The summed E-state index contributed by atoms with van der Waals surface area (Å²) in [5.41, 5.74) is 2.28. The SMILES string of the molecule is ClC1(Cl)CC1CSc1nnc(Cc2ccccc2)n1-c1ccccc1. The Morgan fingerprint density at radius 2 is 1.64 bits per heavy atom. The van der Waals surface area contributed by atoms with Crippen LogP contribution in [0.2, 0.25) is 0 Å². The molecule has 0 spiro atoms. The summed E-state index contributed by atoms with van der Waals surface area (Å²) in [5.74, 6) is 2.10. The highest BCUT2D eigenvalue weighted by Gasteiger charge is 2.51. The molecule has 1 fully saturated rings. The second kappa shape index (κ2) is 7.02. The Morgan fingerprint density at radius 1 is 1.00 bits per heavy atom. The average molecular weight is 390 g/mol. The number of hydrogen-bond donors (Lipinski definition) is 0. The van der Waals surface area contributed by atoms with Crippen molar-refractivity contribution in [3.05, 3.63) is 72.1 Å². The number of para-hydroxylation sites is 1. The van der Waals surface area contributed by atoms with Crippen LogP contribution in [0.15, 0.2) is 65.8 Å². The topological polar surface area (TPSA) is 30.7 Å². The number of nitrogens with zero attached hydrogens (tertiary/aromatic N) is 3. The maximum atomic E-state index is 6.15. The first-order valence-corrected chi connectivity index (χ1v) is 9.92. The molecule has 1 heterocycles. The molecule has 2 aromatic carbocycles. The number of halogens is 2. The molecule has 3 nitrogen and oxygen atoms in total. The van der Waals surface area contributed by atoms with Gasteiger partial charge < -0.3 is 0 Å². The summed E-state index contributed by atoms with van der Waals surface area (Å²) < 4.78 is 1.57. The van der Waals surface area contributed by atoms with Crippen molar-refractivity contribution < 1.29 is 0 Å². The Morgan fingerprint density at radius 3 is 2.28 bits per heavy atom. The molecule has 4 rings (SSSR count). The van der Waals surface area contributed by atoms with Crippen LogP contribution in [0.1, 0.15) is 17.8 Å². The van der Waals surface area contributed by atoms with Crippen molar-refractivity contribution >= 4 is 35.0 Å². The molecule has 1 aliphatic carbocycles. The average Bonchev–Trinajstić information content (AvgIpc) is 3.06. The monoisotopic (exact) mass is 389 g/mol. The van der Waals surface area contributed by atoms with E-state index in [0.717, 1.165) is 35.3 Å². The lowest BCUT2D eigenvalue weighted by Crippen LogP contribution is -2.04. The van der Waals surface area contributed by atoms with Crippen molar-refractivity contribution in [1.29, 1.82) is 0 Å². The highest BCUT2D eigenvalue weighted by molar-refractivity contribution is 7.99. The second-order valence-electron chi connectivity index (χ2n) is 6.21. The number of hydrogen-bond acceptors (Lipinski definition) is 3. The van der Waals surface area contributed by atoms with Gasteiger partial charge in [0.25, 0.3) is 0 Å². The summed E-state index contributed by atoms with van der Waals surface area (Å²) >= 11 is 14.0. The van der Waals surface area contributed by atoms with Crippen molar-refractivity contribution in [2.45, 2.75) is 22.3 Å². The molecule has 6 heteroatoms. The maximum Gasteiger partial charge on any atom is 0.195 e. The first-order valence-electron chi connectivity index (χ1n) is 8.18.